The molecule has 0 saturated heterocycles. The largest absolute Gasteiger partial charge is 0.482 e. The van der Waals surface area contributed by atoms with Crippen molar-refractivity contribution in [3.8, 4) is 17.1 Å². The maximum absolute atomic E-state index is 14.3. The van der Waals surface area contributed by atoms with Crippen molar-refractivity contribution in [3.63, 3.8) is 0 Å². The van der Waals surface area contributed by atoms with E-state index >= 15 is 0 Å². The molecule has 2 heterocycles. The molecule has 30 heavy (non-hydrogen) atoms. The first kappa shape index (κ1) is 20.2. The van der Waals surface area contributed by atoms with Crippen molar-refractivity contribution in [3.05, 3.63) is 75.8 Å². The Morgan fingerprint density at radius 1 is 1.17 bits per heavy atom. The summed E-state index contributed by atoms with van der Waals surface area (Å²) in [5.74, 6) is 1.20. The van der Waals surface area contributed by atoms with Gasteiger partial charge in [0.1, 0.15) is 17.5 Å². The minimum Gasteiger partial charge on any atom is -0.482 e. The van der Waals surface area contributed by atoms with Crippen molar-refractivity contribution >= 4 is 17.4 Å². The first-order valence-corrected chi connectivity index (χ1v) is 10.5. The van der Waals surface area contributed by atoms with Crippen molar-refractivity contribution < 1.29 is 9.13 Å². The molecule has 1 N–H and O–H groups in total. The zero-order valence-electron chi connectivity index (χ0n) is 16.8. The van der Waals surface area contributed by atoms with Gasteiger partial charge in [0, 0.05) is 6.07 Å². The van der Waals surface area contributed by atoms with Crippen LogP contribution >= 0.6 is 11.8 Å². The summed E-state index contributed by atoms with van der Waals surface area (Å²) in [6.07, 6.45) is 0. The van der Waals surface area contributed by atoms with Crippen molar-refractivity contribution in [2.24, 2.45) is 0 Å². The van der Waals surface area contributed by atoms with E-state index in [2.05, 4.69) is 41.0 Å². The monoisotopic (exact) mass is 424 g/mol. The molecule has 0 aliphatic rings. The number of H-pyrrole nitrogens is 1. The third-order valence-corrected chi connectivity index (χ3v) is 5.40. The zero-order chi connectivity index (χ0) is 21.3. The molecule has 0 spiro atoms. The third-order valence-electron chi connectivity index (χ3n) is 4.63. The van der Waals surface area contributed by atoms with Gasteiger partial charge in [-0.1, -0.05) is 38.1 Å². The van der Waals surface area contributed by atoms with Crippen molar-refractivity contribution in [1.82, 2.24) is 19.6 Å². The summed E-state index contributed by atoms with van der Waals surface area (Å²) in [5.41, 5.74) is 2.57. The predicted molar refractivity (Wildman–Crippen MR) is 116 cm³/mol. The summed E-state index contributed by atoms with van der Waals surface area (Å²) < 4.78 is 21.8. The minimum absolute atomic E-state index is 0.216. The number of aromatic amines is 1. The van der Waals surface area contributed by atoms with Gasteiger partial charge in [-0.25, -0.2) is 18.9 Å². The zero-order valence-corrected chi connectivity index (χ0v) is 17.7. The van der Waals surface area contributed by atoms with Gasteiger partial charge in [-0.2, -0.15) is 0 Å². The second kappa shape index (κ2) is 8.31. The number of nitrogens with zero attached hydrogens (tertiary/aromatic N) is 3. The molecule has 154 valence electrons. The maximum atomic E-state index is 14.3. The van der Waals surface area contributed by atoms with Gasteiger partial charge in [0.2, 0.25) is 0 Å². The van der Waals surface area contributed by atoms with Crippen LogP contribution in [-0.2, 0) is 0 Å². The number of ether oxygens (including phenoxy) is 1. The molecule has 0 saturated carbocycles. The fourth-order valence-corrected chi connectivity index (χ4v) is 3.84. The van der Waals surface area contributed by atoms with Crippen molar-refractivity contribution in [2.45, 2.75) is 31.8 Å². The van der Waals surface area contributed by atoms with E-state index in [1.807, 2.05) is 13.0 Å². The summed E-state index contributed by atoms with van der Waals surface area (Å²) in [4.78, 5) is 20.7. The molecule has 0 fully saturated rings. The fourth-order valence-electron chi connectivity index (χ4n) is 3.13. The predicted octanol–water partition coefficient (Wildman–Crippen LogP) is 4.78. The summed E-state index contributed by atoms with van der Waals surface area (Å²) in [5, 5.41) is 3.13. The Morgan fingerprint density at radius 3 is 2.73 bits per heavy atom. The standard InChI is InChI=1S/C22H21FN4O2S/c1-13(2)15-9-8-14(3)10-18(15)29-12-30-22-25-21(16-6-4-5-7-17(16)23)24-19-11-20(28)26-27(19)22/h4-11,13H,12H2,1-3H3,(H,26,28). The number of thioether (sulfide) groups is 1. The highest BCUT2D eigenvalue weighted by Gasteiger charge is 2.15. The molecule has 0 unspecified atom stereocenters. The Bertz CT molecular complexity index is 1270. The Balaban J connectivity index is 1.65. The third kappa shape index (κ3) is 4.09. The second-order valence-electron chi connectivity index (χ2n) is 7.23. The van der Waals surface area contributed by atoms with Gasteiger partial charge in [0.15, 0.2) is 16.6 Å². The molecule has 4 aromatic rings. The SMILES string of the molecule is Cc1ccc(C(C)C)c(OCSc2nc(-c3ccccc3F)nc3cc(=O)[nH]n23)c1. The van der Waals surface area contributed by atoms with E-state index in [1.54, 1.807) is 18.2 Å². The number of aryl methyl sites for hydroxylation is 1. The fraction of sp³-hybridized carbons (Fsp3) is 0.227. The number of hydrogen-bond donors (Lipinski definition) is 1. The summed E-state index contributed by atoms with van der Waals surface area (Å²) in [7, 11) is 0. The minimum atomic E-state index is -0.423. The highest BCUT2D eigenvalue weighted by Crippen LogP contribution is 2.29. The van der Waals surface area contributed by atoms with Crippen LogP contribution in [-0.4, -0.2) is 25.5 Å². The van der Waals surface area contributed by atoms with E-state index in [0.717, 1.165) is 16.9 Å². The van der Waals surface area contributed by atoms with Gasteiger partial charge in [0.25, 0.3) is 5.56 Å². The van der Waals surface area contributed by atoms with Gasteiger partial charge in [-0.15, -0.1) is 0 Å². The molecule has 2 aromatic heterocycles. The lowest BCUT2D eigenvalue weighted by molar-refractivity contribution is 0.385. The smallest absolute Gasteiger partial charge is 0.266 e. The Labute approximate surface area is 177 Å². The van der Waals surface area contributed by atoms with Crippen LogP contribution in [0, 0.1) is 12.7 Å². The van der Waals surface area contributed by atoms with E-state index in [-0.39, 0.29) is 22.9 Å². The van der Waals surface area contributed by atoms with Crippen LogP contribution in [0.1, 0.15) is 30.9 Å². The molecule has 0 atom stereocenters. The van der Waals surface area contributed by atoms with Crippen LogP contribution in [0.15, 0.2) is 58.5 Å². The topological polar surface area (TPSA) is 72.3 Å². The summed E-state index contributed by atoms with van der Waals surface area (Å²) in [6.45, 7) is 6.25. The van der Waals surface area contributed by atoms with Crippen LogP contribution < -0.4 is 10.3 Å². The quantitative estimate of drug-likeness (QED) is 0.356. The first-order valence-electron chi connectivity index (χ1n) is 9.53. The van der Waals surface area contributed by atoms with Gasteiger partial charge in [-0.05, 0) is 53.9 Å². The lowest BCUT2D eigenvalue weighted by Gasteiger charge is -2.15. The van der Waals surface area contributed by atoms with E-state index in [9.17, 15) is 9.18 Å². The van der Waals surface area contributed by atoms with Gasteiger partial charge in [-0.3, -0.25) is 9.89 Å². The first-order chi connectivity index (χ1) is 14.4. The van der Waals surface area contributed by atoms with Crippen molar-refractivity contribution in [1.29, 1.82) is 0 Å². The molecule has 0 aliphatic heterocycles. The van der Waals surface area contributed by atoms with E-state index < -0.39 is 5.82 Å². The number of benzene rings is 2. The van der Waals surface area contributed by atoms with Crippen LogP contribution in [0.4, 0.5) is 4.39 Å². The molecule has 0 aliphatic carbocycles. The molecular formula is C22H21FN4O2S. The summed E-state index contributed by atoms with van der Waals surface area (Å²) in [6, 6.07) is 13.8. The molecule has 0 radical (unpaired) electrons. The Hall–Kier alpha value is -3.13. The van der Waals surface area contributed by atoms with Crippen LogP contribution in [0.3, 0.4) is 0 Å². The van der Waals surface area contributed by atoms with E-state index in [0.29, 0.717) is 16.7 Å². The number of nitrogens with one attached hydrogen (secondary N) is 1. The Kier molecular flexibility index (Phi) is 5.59. The molecule has 0 amide bonds. The molecule has 4 rings (SSSR count). The molecule has 2 aromatic carbocycles. The van der Waals surface area contributed by atoms with E-state index in [4.69, 9.17) is 4.74 Å². The lowest BCUT2D eigenvalue weighted by atomic mass is 10.0. The average molecular weight is 425 g/mol. The molecule has 8 heteroatoms. The normalized spacial score (nSPS) is 11.4. The number of fused-ring (bicyclic) bond motifs is 1. The van der Waals surface area contributed by atoms with Crippen LogP contribution in [0.2, 0.25) is 0 Å². The molecular weight excluding hydrogens is 403 g/mol. The van der Waals surface area contributed by atoms with Gasteiger partial charge >= 0.3 is 0 Å². The van der Waals surface area contributed by atoms with E-state index in [1.165, 1.54) is 28.4 Å². The Morgan fingerprint density at radius 2 is 1.97 bits per heavy atom. The highest BCUT2D eigenvalue weighted by atomic mass is 32.2. The highest BCUT2D eigenvalue weighted by molar-refractivity contribution is 7.99. The van der Waals surface area contributed by atoms with Crippen LogP contribution in [0.25, 0.3) is 17.0 Å². The maximum Gasteiger partial charge on any atom is 0.266 e. The van der Waals surface area contributed by atoms with Crippen molar-refractivity contribution in [2.75, 3.05) is 5.94 Å². The number of rotatable bonds is 6. The second-order valence-corrected chi connectivity index (χ2v) is 8.12. The summed E-state index contributed by atoms with van der Waals surface area (Å²) >= 11 is 1.30. The average Bonchev–Trinajstić information content (AvgIpc) is 3.08. The van der Waals surface area contributed by atoms with Gasteiger partial charge < -0.3 is 4.74 Å². The number of halogens is 1. The lowest BCUT2D eigenvalue weighted by Crippen LogP contribution is -2.06. The molecule has 6 nitrogen and oxygen atoms in total. The number of hydrogen-bond acceptors (Lipinski definition) is 5. The van der Waals surface area contributed by atoms with Crippen LogP contribution in [0.5, 0.6) is 5.75 Å². The number of aromatic nitrogens is 4. The molecule has 0 bridgehead atoms. The van der Waals surface area contributed by atoms with Gasteiger partial charge in [0.05, 0.1) is 5.56 Å².